The average molecular weight is 247 g/mol. The van der Waals surface area contributed by atoms with Crippen molar-refractivity contribution in [1.29, 1.82) is 0 Å². The number of benzene rings is 1. The maximum Gasteiger partial charge on any atom is 0.336 e. The van der Waals surface area contributed by atoms with E-state index in [9.17, 15) is 14.9 Å². The van der Waals surface area contributed by atoms with Gasteiger partial charge < -0.3 is 4.74 Å². The number of ether oxygens (including phenoxy) is 1. The van der Waals surface area contributed by atoms with E-state index in [-0.39, 0.29) is 11.4 Å². The second kappa shape index (κ2) is 6.34. The normalized spacial score (nSPS) is 11.0. The minimum absolute atomic E-state index is 0.000688. The zero-order chi connectivity index (χ0) is 13.5. The van der Waals surface area contributed by atoms with E-state index in [1.807, 2.05) is 6.92 Å². The quantitative estimate of drug-likeness (QED) is 0.205. The van der Waals surface area contributed by atoms with Crippen molar-refractivity contribution in [3.63, 3.8) is 0 Å². The van der Waals surface area contributed by atoms with Gasteiger partial charge in [-0.15, -0.1) is 0 Å². The number of carbonyl (C=O) groups is 1. The van der Waals surface area contributed by atoms with E-state index in [1.165, 1.54) is 24.3 Å². The number of nitro benzene ring substituents is 1. The minimum Gasteiger partial charge on any atom is -0.423 e. The predicted molar refractivity (Wildman–Crippen MR) is 67.4 cm³/mol. The van der Waals surface area contributed by atoms with E-state index in [1.54, 1.807) is 25.2 Å². The third kappa shape index (κ3) is 3.86. The lowest BCUT2D eigenvalue weighted by molar-refractivity contribution is -0.385. The van der Waals surface area contributed by atoms with Crippen LogP contribution in [0, 0.1) is 17.0 Å². The Morgan fingerprint density at radius 3 is 2.67 bits per heavy atom. The summed E-state index contributed by atoms with van der Waals surface area (Å²) in [6.07, 6.45) is 6.31. The maximum absolute atomic E-state index is 11.3. The largest absolute Gasteiger partial charge is 0.423 e. The highest BCUT2D eigenvalue weighted by Gasteiger charge is 2.11. The molecule has 5 nitrogen and oxygen atoms in total. The highest BCUT2D eigenvalue weighted by molar-refractivity contribution is 5.84. The van der Waals surface area contributed by atoms with Crippen LogP contribution in [0.4, 0.5) is 5.69 Å². The first kappa shape index (κ1) is 13.6. The molecule has 0 spiro atoms. The van der Waals surface area contributed by atoms with Gasteiger partial charge in [0.1, 0.15) is 5.75 Å². The van der Waals surface area contributed by atoms with Crippen LogP contribution in [0.15, 0.2) is 42.5 Å². The Bertz CT molecular complexity index is 518. The van der Waals surface area contributed by atoms with E-state index in [0.29, 0.717) is 5.56 Å². The summed E-state index contributed by atoms with van der Waals surface area (Å²) in [5, 5.41) is 10.6. The molecule has 94 valence electrons. The fraction of sp³-hybridized carbons (Fsp3) is 0.154. The molecule has 0 saturated heterocycles. The number of aryl methyl sites for hydroxylation is 1. The number of hydrogen-bond donors (Lipinski definition) is 0. The molecule has 1 rings (SSSR count). The van der Waals surface area contributed by atoms with E-state index >= 15 is 0 Å². The Hall–Kier alpha value is -2.43. The van der Waals surface area contributed by atoms with Crippen molar-refractivity contribution in [1.82, 2.24) is 0 Å². The molecule has 0 aromatic heterocycles. The van der Waals surface area contributed by atoms with Crippen LogP contribution in [-0.2, 0) is 4.79 Å². The number of nitrogens with zero attached hydrogens (tertiary/aromatic N) is 1. The first-order chi connectivity index (χ1) is 8.54. The van der Waals surface area contributed by atoms with Crippen LogP contribution in [-0.4, -0.2) is 10.9 Å². The van der Waals surface area contributed by atoms with Crippen LogP contribution in [0.5, 0.6) is 5.75 Å². The molecule has 0 aliphatic carbocycles. The predicted octanol–water partition coefficient (Wildman–Crippen LogP) is 2.94. The van der Waals surface area contributed by atoms with Crippen LogP contribution >= 0.6 is 0 Å². The molecule has 1 aromatic rings. The molecule has 0 N–H and O–H groups in total. The van der Waals surface area contributed by atoms with Crippen molar-refractivity contribution in [2.24, 2.45) is 0 Å². The van der Waals surface area contributed by atoms with Crippen LogP contribution in [0.25, 0.3) is 0 Å². The fourth-order valence-electron chi connectivity index (χ4n) is 1.29. The lowest BCUT2D eigenvalue weighted by Gasteiger charge is -2.02. The van der Waals surface area contributed by atoms with Crippen LogP contribution < -0.4 is 4.74 Å². The Morgan fingerprint density at radius 1 is 1.39 bits per heavy atom. The van der Waals surface area contributed by atoms with Gasteiger partial charge in [0.25, 0.3) is 5.69 Å². The summed E-state index contributed by atoms with van der Waals surface area (Å²) < 4.78 is 4.99. The van der Waals surface area contributed by atoms with Gasteiger partial charge in [-0.05, 0) is 26.0 Å². The van der Waals surface area contributed by atoms with Crippen molar-refractivity contribution in [2.45, 2.75) is 13.8 Å². The van der Waals surface area contributed by atoms with Crippen LogP contribution in [0.3, 0.4) is 0 Å². The Kier molecular flexibility index (Phi) is 4.80. The Morgan fingerprint density at radius 2 is 2.11 bits per heavy atom. The summed E-state index contributed by atoms with van der Waals surface area (Å²) in [4.78, 5) is 21.5. The molecule has 0 aliphatic heterocycles. The molecule has 0 fully saturated rings. The number of carbonyl (C=O) groups excluding carboxylic acids is 1. The Labute approximate surface area is 105 Å². The van der Waals surface area contributed by atoms with Gasteiger partial charge >= 0.3 is 5.97 Å². The topological polar surface area (TPSA) is 69.4 Å². The molecule has 0 radical (unpaired) electrons. The molecule has 5 heteroatoms. The number of rotatable bonds is 4. The number of nitro groups is 1. The van der Waals surface area contributed by atoms with Gasteiger partial charge in [0, 0.05) is 17.7 Å². The summed E-state index contributed by atoms with van der Waals surface area (Å²) in [5.41, 5.74) is 0.446. The molecular weight excluding hydrogens is 234 g/mol. The van der Waals surface area contributed by atoms with Gasteiger partial charge in [0.05, 0.1) is 4.92 Å². The third-order valence-corrected chi connectivity index (χ3v) is 2.12. The second-order valence-electron chi connectivity index (χ2n) is 3.51. The molecule has 0 amide bonds. The smallest absolute Gasteiger partial charge is 0.336 e. The SMILES string of the molecule is CC=CC=CC(=O)Oc1ccc([N+](=O)[O-])c(C)c1. The van der Waals surface area contributed by atoms with Crippen LogP contribution in [0.1, 0.15) is 12.5 Å². The summed E-state index contributed by atoms with van der Waals surface area (Å²) in [7, 11) is 0. The molecule has 1 aromatic carbocycles. The van der Waals surface area contributed by atoms with E-state index in [0.717, 1.165) is 0 Å². The molecule has 0 saturated carbocycles. The summed E-state index contributed by atoms with van der Waals surface area (Å²) in [6, 6.07) is 4.17. The Balaban J connectivity index is 2.77. The van der Waals surface area contributed by atoms with Gasteiger partial charge in [-0.25, -0.2) is 4.79 Å². The average Bonchev–Trinajstić information content (AvgIpc) is 2.28. The maximum atomic E-state index is 11.3. The zero-order valence-electron chi connectivity index (χ0n) is 10.1. The molecular formula is C13H13NO4. The molecule has 0 aliphatic rings. The first-order valence-corrected chi connectivity index (χ1v) is 5.31. The van der Waals surface area contributed by atoms with E-state index < -0.39 is 10.9 Å². The van der Waals surface area contributed by atoms with Gasteiger partial charge in [-0.1, -0.05) is 18.2 Å². The van der Waals surface area contributed by atoms with Crippen molar-refractivity contribution in [3.05, 3.63) is 58.2 Å². The molecule has 18 heavy (non-hydrogen) atoms. The van der Waals surface area contributed by atoms with Crippen molar-refractivity contribution in [2.75, 3.05) is 0 Å². The standard InChI is InChI=1S/C13H13NO4/c1-3-4-5-6-13(15)18-11-7-8-12(14(16)17)10(2)9-11/h3-9H,1-2H3. The van der Waals surface area contributed by atoms with Crippen molar-refractivity contribution < 1.29 is 14.5 Å². The molecule has 0 heterocycles. The molecule has 0 unspecified atom stereocenters. The van der Waals surface area contributed by atoms with E-state index in [2.05, 4.69) is 0 Å². The fourth-order valence-corrected chi connectivity index (χ4v) is 1.29. The lowest BCUT2D eigenvalue weighted by Crippen LogP contribution is -2.04. The zero-order valence-corrected chi connectivity index (χ0v) is 10.1. The number of esters is 1. The summed E-state index contributed by atoms with van der Waals surface area (Å²) >= 11 is 0. The first-order valence-electron chi connectivity index (χ1n) is 5.31. The van der Waals surface area contributed by atoms with Gasteiger partial charge in [-0.2, -0.15) is 0 Å². The highest BCUT2D eigenvalue weighted by Crippen LogP contribution is 2.23. The third-order valence-electron chi connectivity index (χ3n) is 2.12. The molecule has 0 bridgehead atoms. The minimum atomic E-state index is -0.527. The number of allylic oxidation sites excluding steroid dienone is 3. The number of hydrogen-bond acceptors (Lipinski definition) is 4. The monoisotopic (exact) mass is 247 g/mol. The van der Waals surface area contributed by atoms with Gasteiger partial charge in [-0.3, -0.25) is 10.1 Å². The van der Waals surface area contributed by atoms with Crippen molar-refractivity contribution >= 4 is 11.7 Å². The second-order valence-corrected chi connectivity index (χ2v) is 3.51. The van der Waals surface area contributed by atoms with E-state index in [4.69, 9.17) is 4.74 Å². The van der Waals surface area contributed by atoms with Gasteiger partial charge in [0.15, 0.2) is 0 Å². The van der Waals surface area contributed by atoms with Gasteiger partial charge in [0.2, 0.25) is 0 Å². The summed E-state index contributed by atoms with van der Waals surface area (Å²) in [5.74, 6) is -0.241. The highest BCUT2D eigenvalue weighted by atomic mass is 16.6. The van der Waals surface area contributed by atoms with Crippen LogP contribution in [0.2, 0.25) is 0 Å². The summed E-state index contributed by atoms with van der Waals surface area (Å²) in [6.45, 7) is 3.42. The lowest BCUT2D eigenvalue weighted by atomic mass is 10.2. The van der Waals surface area contributed by atoms with Crippen molar-refractivity contribution in [3.8, 4) is 5.75 Å². The molecule has 0 atom stereocenters.